The van der Waals surface area contributed by atoms with Crippen LogP contribution in [0.2, 0.25) is 0 Å². The zero-order chi connectivity index (χ0) is 14.7. The summed E-state index contributed by atoms with van der Waals surface area (Å²) in [4.78, 5) is 37.6. The molecule has 3 N–H and O–H groups in total. The topological polar surface area (TPSA) is 101 Å². The second-order valence-electron chi connectivity index (χ2n) is 4.28. The van der Waals surface area contributed by atoms with E-state index in [1.54, 1.807) is 0 Å². The Morgan fingerprint density at radius 2 is 1.95 bits per heavy atom. The zero-order valence-electron chi connectivity index (χ0n) is 10.9. The van der Waals surface area contributed by atoms with Gasteiger partial charge in [0, 0.05) is 7.05 Å². The van der Waals surface area contributed by atoms with Gasteiger partial charge in [-0.25, -0.2) is 4.79 Å². The molecule has 2 rings (SSSR count). The third kappa shape index (κ3) is 2.46. The Morgan fingerprint density at radius 1 is 1.30 bits per heavy atom. The van der Waals surface area contributed by atoms with E-state index in [-0.39, 0.29) is 18.1 Å². The molecule has 1 amide bonds. The van der Waals surface area contributed by atoms with Gasteiger partial charge in [-0.1, -0.05) is 30.3 Å². The highest BCUT2D eigenvalue weighted by molar-refractivity contribution is 5.79. The van der Waals surface area contributed by atoms with Gasteiger partial charge in [-0.2, -0.15) is 0 Å². The first kappa shape index (κ1) is 13.6. The number of hydrogen-bond donors (Lipinski definition) is 2. The van der Waals surface area contributed by atoms with E-state index in [1.807, 2.05) is 30.3 Å². The van der Waals surface area contributed by atoms with Gasteiger partial charge in [0.1, 0.15) is 5.82 Å². The highest BCUT2D eigenvalue weighted by Crippen LogP contribution is 2.14. The summed E-state index contributed by atoms with van der Waals surface area (Å²) in [6.45, 7) is 0.210. The van der Waals surface area contributed by atoms with Crippen LogP contribution in [0.5, 0.6) is 0 Å². The molecular formula is C13H14N4O3. The summed E-state index contributed by atoms with van der Waals surface area (Å²) in [7, 11) is 1.39. The molecule has 0 aliphatic carbocycles. The molecule has 0 unspecified atom stereocenters. The van der Waals surface area contributed by atoms with Gasteiger partial charge in [-0.05, 0) is 5.56 Å². The SMILES string of the molecule is CN(C=O)c1c(N)n(Cc2ccccc2)c(=O)[nH]c1=O. The normalized spacial score (nSPS) is 10.2. The van der Waals surface area contributed by atoms with Gasteiger partial charge in [0.25, 0.3) is 5.56 Å². The lowest BCUT2D eigenvalue weighted by Gasteiger charge is -2.16. The third-order valence-electron chi connectivity index (χ3n) is 2.91. The lowest BCUT2D eigenvalue weighted by molar-refractivity contribution is -0.107. The Balaban J connectivity index is 2.56. The minimum absolute atomic E-state index is 0.0443. The maximum absolute atomic E-state index is 11.8. The molecule has 7 nitrogen and oxygen atoms in total. The number of nitrogens with one attached hydrogen (secondary N) is 1. The predicted molar refractivity (Wildman–Crippen MR) is 75.7 cm³/mol. The number of nitrogens with two attached hydrogens (primary N) is 1. The van der Waals surface area contributed by atoms with Gasteiger partial charge in [0.15, 0.2) is 5.69 Å². The summed E-state index contributed by atoms with van der Waals surface area (Å²) in [5, 5.41) is 0. The average Bonchev–Trinajstić information content (AvgIpc) is 2.44. The van der Waals surface area contributed by atoms with Crippen LogP contribution in [0.25, 0.3) is 0 Å². The van der Waals surface area contributed by atoms with Gasteiger partial charge in [-0.3, -0.25) is 19.1 Å². The molecule has 0 saturated carbocycles. The smallest absolute Gasteiger partial charge is 0.330 e. The molecule has 0 bridgehead atoms. The lowest BCUT2D eigenvalue weighted by atomic mass is 10.2. The molecule has 0 aliphatic rings. The number of hydrogen-bond acceptors (Lipinski definition) is 4. The van der Waals surface area contributed by atoms with Crippen LogP contribution in [-0.2, 0) is 11.3 Å². The number of benzene rings is 1. The van der Waals surface area contributed by atoms with Crippen molar-refractivity contribution < 1.29 is 4.79 Å². The Labute approximate surface area is 114 Å². The van der Waals surface area contributed by atoms with E-state index in [4.69, 9.17) is 5.73 Å². The second kappa shape index (κ2) is 5.43. The maximum atomic E-state index is 11.8. The number of anilines is 2. The van der Waals surface area contributed by atoms with Gasteiger partial charge < -0.3 is 10.6 Å². The molecule has 1 aromatic carbocycles. The van der Waals surface area contributed by atoms with Crippen LogP contribution in [-0.4, -0.2) is 23.0 Å². The largest absolute Gasteiger partial charge is 0.383 e. The number of amides is 1. The number of carbonyl (C=O) groups excluding carboxylic acids is 1. The number of rotatable bonds is 4. The number of aromatic amines is 1. The fraction of sp³-hybridized carbons (Fsp3) is 0.154. The molecule has 1 aromatic heterocycles. The van der Waals surface area contributed by atoms with Crippen LogP contribution in [0.1, 0.15) is 5.56 Å². The fourth-order valence-electron chi connectivity index (χ4n) is 1.89. The minimum Gasteiger partial charge on any atom is -0.383 e. The van der Waals surface area contributed by atoms with Gasteiger partial charge in [-0.15, -0.1) is 0 Å². The molecule has 2 aromatic rings. The van der Waals surface area contributed by atoms with Crippen LogP contribution in [0.15, 0.2) is 39.9 Å². The maximum Gasteiger partial charge on any atom is 0.330 e. The molecule has 0 spiro atoms. The van der Waals surface area contributed by atoms with Crippen molar-refractivity contribution in [2.24, 2.45) is 0 Å². The van der Waals surface area contributed by atoms with Crippen molar-refractivity contribution in [2.75, 3.05) is 17.7 Å². The zero-order valence-corrected chi connectivity index (χ0v) is 10.9. The Morgan fingerprint density at radius 3 is 2.55 bits per heavy atom. The van der Waals surface area contributed by atoms with Crippen molar-refractivity contribution in [3.8, 4) is 0 Å². The molecule has 20 heavy (non-hydrogen) atoms. The first-order valence-corrected chi connectivity index (χ1v) is 5.89. The van der Waals surface area contributed by atoms with E-state index in [1.165, 1.54) is 11.6 Å². The van der Waals surface area contributed by atoms with Gasteiger partial charge >= 0.3 is 5.69 Å². The average molecular weight is 274 g/mol. The van der Waals surface area contributed by atoms with E-state index in [0.717, 1.165) is 10.5 Å². The van der Waals surface area contributed by atoms with E-state index in [0.29, 0.717) is 6.41 Å². The Bertz CT molecular complexity index is 734. The number of carbonyl (C=O) groups is 1. The van der Waals surface area contributed by atoms with Crippen molar-refractivity contribution in [3.63, 3.8) is 0 Å². The van der Waals surface area contributed by atoms with E-state index < -0.39 is 11.2 Å². The highest BCUT2D eigenvalue weighted by atomic mass is 16.2. The van der Waals surface area contributed by atoms with Gasteiger partial charge in [0.2, 0.25) is 6.41 Å². The first-order chi connectivity index (χ1) is 9.54. The summed E-state index contributed by atoms with van der Waals surface area (Å²) < 4.78 is 1.21. The lowest BCUT2D eigenvalue weighted by Crippen LogP contribution is -2.36. The van der Waals surface area contributed by atoms with Crippen LogP contribution in [0, 0.1) is 0 Å². The highest BCUT2D eigenvalue weighted by Gasteiger charge is 2.15. The second-order valence-corrected chi connectivity index (χ2v) is 4.28. The molecule has 7 heteroatoms. The Hall–Kier alpha value is -2.83. The molecule has 0 radical (unpaired) electrons. The van der Waals surface area contributed by atoms with Crippen molar-refractivity contribution >= 4 is 17.9 Å². The van der Waals surface area contributed by atoms with E-state index in [9.17, 15) is 14.4 Å². The van der Waals surface area contributed by atoms with Crippen molar-refractivity contribution in [3.05, 3.63) is 56.7 Å². The standard InChI is InChI=1S/C13H14N4O3/c1-16(8-18)10-11(14)17(13(20)15-12(10)19)7-9-5-3-2-4-6-9/h2-6,8H,7,14H2,1H3,(H,15,19,20). The van der Waals surface area contributed by atoms with Crippen molar-refractivity contribution in [1.29, 1.82) is 0 Å². The number of nitrogens with zero attached hydrogens (tertiary/aromatic N) is 2. The molecule has 0 saturated heterocycles. The molecule has 0 atom stereocenters. The quantitative estimate of drug-likeness (QED) is 0.751. The van der Waals surface area contributed by atoms with Crippen LogP contribution < -0.4 is 21.9 Å². The first-order valence-electron chi connectivity index (χ1n) is 5.89. The van der Waals surface area contributed by atoms with E-state index >= 15 is 0 Å². The summed E-state index contributed by atoms with van der Waals surface area (Å²) in [6.07, 6.45) is 0.457. The molecule has 0 fully saturated rings. The van der Waals surface area contributed by atoms with Gasteiger partial charge in [0.05, 0.1) is 6.54 Å². The van der Waals surface area contributed by atoms with Crippen molar-refractivity contribution in [1.82, 2.24) is 9.55 Å². The van der Waals surface area contributed by atoms with Crippen LogP contribution >= 0.6 is 0 Å². The molecule has 0 aliphatic heterocycles. The number of nitrogen functional groups attached to an aromatic ring is 1. The van der Waals surface area contributed by atoms with Crippen LogP contribution in [0.4, 0.5) is 11.5 Å². The molecule has 1 heterocycles. The summed E-state index contributed by atoms with van der Waals surface area (Å²) in [5.74, 6) is -0.0443. The number of aromatic nitrogens is 2. The van der Waals surface area contributed by atoms with Crippen molar-refractivity contribution in [2.45, 2.75) is 6.54 Å². The third-order valence-corrected chi connectivity index (χ3v) is 2.91. The number of H-pyrrole nitrogens is 1. The Kier molecular flexibility index (Phi) is 3.69. The molecular weight excluding hydrogens is 260 g/mol. The monoisotopic (exact) mass is 274 g/mol. The van der Waals surface area contributed by atoms with E-state index in [2.05, 4.69) is 4.98 Å². The summed E-state index contributed by atoms with van der Waals surface area (Å²) in [5.41, 5.74) is 5.36. The van der Waals surface area contributed by atoms with Crippen LogP contribution in [0.3, 0.4) is 0 Å². The fourth-order valence-corrected chi connectivity index (χ4v) is 1.89. The predicted octanol–water partition coefficient (Wildman–Crippen LogP) is -0.240. The summed E-state index contributed by atoms with van der Waals surface area (Å²) >= 11 is 0. The molecule has 104 valence electrons. The summed E-state index contributed by atoms with van der Waals surface area (Å²) in [6, 6.07) is 9.19. The minimum atomic E-state index is -0.689.